The van der Waals surface area contributed by atoms with Crippen LogP contribution in [0.3, 0.4) is 0 Å². The van der Waals surface area contributed by atoms with E-state index in [9.17, 15) is 23.5 Å². The number of amides is 3. The zero-order chi connectivity index (χ0) is 22.9. The summed E-state index contributed by atoms with van der Waals surface area (Å²) in [4.78, 5) is 26.3. The van der Waals surface area contributed by atoms with Crippen molar-refractivity contribution < 1.29 is 33.0 Å². The second-order valence-electron chi connectivity index (χ2n) is 7.91. The molecule has 9 nitrogen and oxygen atoms in total. The molecule has 11 heteroatoms. The lowest BCUT2D eigenvalue weighted by atomic mass is 9.97. The summed E-state index contributed by atoms with van der Waals surface area (Å²) < 4.78 is 37.9. The number of benzene rings is 1. The van der Waals surface area contributed by atoms with Gasteiger partial charge in [-0.2, -0.15) is 0 Å². The fourth-order valence-corrected chi connectivity index (χ4v) is 3.83. The van der Waals surface area contributed by atoms with Crippen LogP contribution < -0.4 is 16.0 Å². The van der Waals surface area contributed by atoms with Crippen LogP contribution in [-0.2, 0) is 14.3 Å². The van der Waals surface area contributed by atoms with Crippen LogP contribution in [-0.4, -0.2) is 86.2 Å². The normalized spacial score (nSPS) is 24.0. The number of halogens is 2. The molecule has 2 aliphatic rings. The standard InChI is InChI=1S/C21H30F2N4O5/c22-14-1-3-16(23)18(11-14)26-21(30)24-6-5-15-2-4-17(19(13-28)32-15)25-20(29)12-27-7-9-31-10-8-27/h1,3,11,15,17,19,28H,2,4-10,12-13H2,(H,25,29)(H2,24,26,30)/t15-,17+,19-/m0/s1. The van der Waals surface area contributed by atoms with E-state index in [4.69, 9.17) is 9.47 Å². The van der Waals surface area contributed by atoms with Crippen molar-refractivity contribution in [1.82, 2.24) is 15.5 Å². The number of hydrogen-bond acceptors (Lipinski definition) is 6. The van der Waals surface area contributed by atoms with Crippen molar-refractivity contribution in [3.8, 4) is 0 Å². The molecule has 3 rings (SSSR count). The van der Waals surface area contributed by atoms with Crippen LogP contribution in [0.2, 0.25) is 0 Å². The third-order valence-corrected chi connectivity index (χ3v) is 5.54. The SMILES string of the molecule is O=C(CN1CCOCC1)N[C@@H]1CC[C@@H](CCNC(=O)Nc2cc(F)ccc2F)O[C@H]1CO. The molecule has 0 bridgehead atoms. The predicted octanol–water partition coefficient (Wildman–Crippen LogP) is 0.833. The summed E-state index contributed by atoms with van der Waals surface area (Å²) >= 11 is 0. The molecule has 2 heterocycles. The highest BCUT2D eigenvalue weighted by atomic mass is 19.1. The topological polar surface area (TPSA) is 112 Å². The molecule has 0 spiro atoms. The van der Waals surface area contributed by atoms with Crippen molar-refractivity contribution in [3.05, 3.63) is 29.8 Å². The number of aliphatic hydroxyl groups is 1. The molecule has 0 unspecified atom stereocenters. The Kier molecular flexibility index (Phi) is 9.15. The summed E-state index contributed by atoms with van der Waals surface area (Å²) in [7, 11) is 0. The quantitative estimate of drug-likeness (QED) is 0.461. The van der Waals surface area contributed by atoms with Crippen LogP contribution in [0.4, 0.5) is 19.3 Å². The molecular formula is C21H30F2N4O5. The number of urea groups is 1. The number of morpholine rings is 1. The largest absolute Gasteiger partial charge is 0.394 e. The number of carbonyl (C=O) groups is 2. The van der Waals surface area contributed by atoms with Gasteiger partial charge >= 0.3 is 6.03 Å². The lowest BCUT2D eigenvalue weighted by molar-refractivity contribution is -0.130. The van der Waals surface area contributed by atoms with Crippen molar-refractivity contribution >= 4 is 17.6 Å². The number of anilines is 1. The first-order chi connectivity index (χ1) is 15.4. The average molecular weight is 456 g/mol. The van der Waals surface area contributed by atoms with E-state index in [-0.39, 0.29) is 43.4 Å². The number of nitrogens with zero attached hydrogens (tertiary/aromatic N) is 1. The van der Waals surface area contributed by atoms with Crippen molar-refractivity contribution in [2.45, 2.75) is 37.5 Å². The van der Waals surface area contributed by atoms with Crippen LogP contribution in [0.1, 0.15) is 19.3 Å². The van der Waals surface area contributed by atoms with E-state index in [0.717, 1.165) is 18.2 Å². The van der Waals surface area contributed by atoms with Gasteiger partial charge in [-0.1, -0.05) is 0 Å². The number of ether oxygens (including phenoxy) is 2. The van der Waals surface area contributed by atoms with Crippen LogP contribution in [0, 0.1) is 11.6 Å². The van der Waals surface area contributed by atoms with Gasteiger partial charge in [0.1, 0.15) is 17.7 Å². The average Bonchev–Trinajstić information content (AvgIpc) is 2.78. The molecule has 2 saturated heterocycles. The van der Waals surface area contributed by atoms with E-state index >= 15 is 0 Å². The minimum absolute atomic E-state index is 0.111. The molecule has 0 aliphatic carbocycles. The summed E-state index contributed by atoms with van der Waals surface area (Å²) in [5.41, 5.74) is -0.243. The molecule has 32 heavy (non-hydrogen) atoms. The molecule has 4 N–H and O–H groups in total. The molecule has 2 fully saturated rings. The molecule has 0 radical (unpaired) electrons. The summed E-state index contributed by atoms with van der Waals surface area (Å²) in [5, 5.41) is 17.5. The number of aliphatic hydroxyl groups excluding tert-OH is 1. The van der Waals surface area contributed by atoms with E-state index < -0.39 is 23.8 Å². The highest BCUT2D eigenvalue weighted by Gasteiger charge is 2.32. The zero-order valence-corrected chi connectivity index (χ0v) is 17.8. The molecule has 0 saturated carbocycles. The summed E-state index contributed by atoms with van der Waals surface area (Å²) in [6, 6.07) is 1.87. The van der Waals surface area contributed by atoms with Gasteiger partial charge in [-0.05, 0) is 31.4 Å². The highest BCUT2D eigenvalue weighted by molar-refractivity contribution is 5.89. The predicted molar refractivity (Wildman–Crippen MR) is 112 cm³/mol. The second-order valence-corrected chi connectivity index (χ2v) is 7.91. The van der Waals surface area contributed by atoms with E-state index in [0.29, 0.717) is 45.6 Å². The Bertz CT molecular complexity index is 779. The van der Waals surface area contributed by atoms with E-state index in [1.807, 2.05) is 4.90 Å². The monoisotopic (exact) mass is 456 g/mol. The van der Waals surface area contributed by atoms with Crippen LogP contribution in [0.25, 0.3) is 0 Å². The van der Waals surface area contributed by atoms with Gasteiger partial charge in [0.2, 0.25) is 5.91 Å². The van der Waals surface area contributed by atoms with Crippen molar-refractivity contribution in [1.29, 1.82) is 0 Å². The number of carbonyl (C=O) groups excluding carboxylic acids is 2. The zero-order valence-electron chi connectivity index (χ0n) is 17.8. The summed E-state index contributed by atoms with van der Waals surface area (Å²) in [6.45, 7) is 2.96. The van der Waals surface area contributed by atoms with Gasteiger partial charge in [0.15, 0.2) is 0 Å². The first kappa shape index (κ1) is 24.3. The van der Waals surface area contributed by atoms with Crippen molar-refractivity contribution in [2.24, 2.45) is 0 Å². The van der Waals surface area contributed by atoms with Gasteiger partial charge in [0.25, 0.3) is 0 Å². The molecule has 178 valence electrons. The lowest BCUT2D eigenvalue weighted by Gasteiger charge is -2.36. The van der Waals surface area contributed by atoms with Gasteiger partial charge in [-0.3, -0.25) is 9.69 Å². The molecule has 2 aliphatic heterocycles. The smallest absolute Gasteiger partial charge is 0.319 e. The Hall–Kier alpha value is -2.34. The number of rotatable bonds is 8. The first-order valence-corrected chi connectivity index (χ1v) is 10.8. The van der Waals surface area contributed by atoms with Gasteiger partial charge in [0, 0.05) is 25.7 Å². The highest BCUT2D eigenvalue weighted by Crippen LogP contribution is 2.22. The Morgan fingerprint density at radius 3 is 2.72 bits per heavy atom. The maximum atomic E-state index is 13.6. The number of hydrogen-bond donors (Lipinski definition) is 4. The maximum absolute atomic E-state index is 13.6. The second kappa shape index (κ2) is 12.0. The Morgan fingerprint density at radius 1 is 1.19 bits per heavy atom. The minimum Gasteiger partial charge on any atom is -0.394 e. The molecule has 0 aromatic heterocycles. The Balaban J connectivity index is 1.37. The Morgan fingerprint density at radius 2 is 1.97 bits per heavy atom. The fraction of sp³-hybridized carbons (Fsp3) is 0.619. The molecular weight excluding hydrogens is 426 g/mol. The van der Waals surface area contributed by atoms with Crippen LogP contribution >= 0.6 is 0 Å². The third-order valence-electron chi connectivity index (χ3n) is 5.54. The van der Waals surface area contributed by atoms with E-state index in [1.165, 1.54) is 0 Å². The van der Waals surface area contributed by atoms with Gasteiger partial charge in [0.05, 0.1) is 44.2 Å². The van der Waals surface area contributed by atoms with Gasteiger partial charge in [-0.15, -0.1) is 0 Å². The Labute approximate surface area is 185 Å². The van der Waals surface area contributed by atoms with Crippen LogP contribution in [0.15, 0.2) is 18.2 Å². The fourth-order valence-electron chi connectivity index (χ4n) is 3.83. The van der Waals surface area contributed by atoms with E-state index in [1.54, 1.807) is 0 Å². The minimum atomic E-state index is -0.732. The van der Waals surface area contributed by atoms with Crippen LogP contribution in [0.5, 0.6) is 0 Å². The summed E-state index contributed by atoms with van der Waals surface area (Å²) in [6.07, 6.45) is 1.04. The first-order valence-electron chi connectivity index (χ1n) is 10.8. The van der Waals surface area contributed by atoms with Gasteiger partial charge in [-0.25, -0.2) is 13.6 Å². The van der Waals surface area contributed by atoms with Crippen molar-refractivity contribution in [2.75, 3.05) is 51.3 Å². The molecule has 3 atom stereocenters. The lowest BCUT2D eigenvalue weighted by Crippen LogP contribution is -2.53. The molecule has 3 amide bonds. The van der Waals surface area contributed by atoms with Crippen molar-refractivity contribution in [3.63, 3.8) is 0 Å². The maximum Gasteiger partial charge on any atom is 0.319 e. The molecule has 1 aromatic carbocycles. The molecule has 1 aromatic rings. The number of nitrogens with one attached hydrogen (secondary N) is 3. The third kappa shape index (κ3) is 7.37. The summed E-state index contributed by atoms with van der Waals surface area (Å²) in [5.74, 6) is -1.50. The van der Waals surface area contributed by atoms with Gasteiger partial charge < -0.3 is 30.5 Å². The van der Waals surface area contributed by atoms with E-state index in [2.05, 4.69) is 16.0 Å².